The maximum absolute atomic E-state index is 9.69. The summed E-state index contributed by atoms with van der Waals surface area (Å²) in [5.74, 6) is 0.957. The van der Waals surface area contributed by atoms with E-state index in [0.717, 1.165) is 31.4 Å². The molecule has 13 heavy (non-hydrogen) atoms. The van der Waals surface area contributed by atoms with Gasteiger partial charge >= 0.3 is 0 Å². The molecule has 2 aliphatic rings. The van der Waals surface area contributed by atoms with Crippen LogP contribution in [0.5, 0.6) is 0 Å². The monoisotopic (exact) mass is 184 g/mol. The lowest BCUT2D eigenvalue weighted by Crippen LogP contribution is -2.36. The maximum Gasteiger partial charge on any atom is 0.127 e. The van der Waals surface area contributed by atoms with E-state index >= 15 is 0 Å². The average Bonchev–Trinajstić information content (AvgIpc) is 2.43. The number of hydrogen-bond acceptors (Lipinski definition) is 3. The summed E-state index contributed by atoms with van der Waals surface area (Å²) in [6.45, 7) is 0. The summed E-state index contributed by atoms with van der Waals surface area (Å²) in [6.07, 6.45) is 4.87. The lowest BCUT2D eigenvalue weighted by Gasteiger charge is -2.22. The van der Waals surface area contributed by atoms with Crippen LogP contribution in [0.2, 0.25) is 0 Å². The third-order valence-corrected chi connectivity index (χ3v) is 2.83. The van der Waals surface area contributed by atoms with Crippen molar-refractivity contribution in [1.29, 1.82) is 0 Å². The van der Waals surface area contributed by atoms with E-state index in [1.54, 1.807) is 0 Å². The van der Waals surface area contributed by atoms with E-state index in [9.17, 15) is 10.2 Å². The Labute approximate surface area is 78.0 Å². The predicted octanol–water partition coefficient (Wildman–Crippen LogP) is 0.955. The van der Waals surface area contributed by atoms with E-state index in [4.69, 9.17) is 4.74 Å². The van der Waals surface area contributed by atoms with Crippen molar-refractivity contribution in [2.45, 2.75) is 50.4 Å². The molecule has 3 atom stereocenters. The number of fused-ring (bicyclic) bond motifs is 2. The lowest BCUT2D eigenvalue weighted by molar-refractivity contribution is -0.0585. The van der Waals surface area contributed by atoms with E-state index in [0.29, 0.717) is 6.42 Å². The van der Waals surface area contributed by atoms with Gasteiger partial charge in [-0.1, -0.05) is 0 Å². The minimum Gasteiger partial charge on any atom is -0.492 e. The third kappa shape index (κ3) is 1.86. The van der Waals surface area contributed by atoms with E-state index in [-0.39, 0.29) is 6.10 Å². The molecule has 0 amide bonds. The minimum atomic E-state index is -0.705. The topological polar surface area (TPSA) is 49.7 Å². The Morgan fingerprint density at radius 2 is 2.15 bits per heavy atom. The Hall–Kier alpha value is -0.540. The molecule has 2 heterocycles. The van der Waals surface area contributed by atoms with Crippen molar-refractivity contribution in [2.24, 2.45) is 0 Å². The summed E-state index contributed by atoms with van der Waals surface area (Å²) in [7, 11) is 0. The molecule has 3 heteroatoms. The molecule has 0 aliphatic carbocycles. The van der Waals surface area contributed by atoms with Gasteiger partial charge in [0.15, 0.2) is 0 Å². The van der Waals surface area contributed by atoms with Crippen LogP contribution in [0.1, 0.15) is 32.1 Å². The fourth-order valence-electron chi connectivity index (χ4n) is 1.99. The number of ether oxygens (including phenoxy) is 1. The first kappa shape index (κ1) is 9.03. The molecule has 2 aliphatic heterocycles. The second-order valence-corrected chi connectivity index (χ2v) is 3.85. The summed E-state index contributed by atoms with van der Waals surface area (Å²) < 4.78 is 5.61. The molecular weight excluding hydrogens is 168 g/mol. The Morgan fingerprint density at radius 1 is 1.31 bits per heavy atom. The number of aliphatic hydroxyl groups is 2. The van der Waals surface area contributed by atoms with Crippen LogP contribution in [0.25, 0.3) is 0 Å². The highest BCUT2D eigenvalue weighted by atomic mass is 16.5. The number of aliphatic hydroxyl groups excluding tert-OH is 2. The first-order valence-electron chi connectivity index (χ1n) is 4.99. The third-order valence-electron chi connectivity index (χ3n) is 2.83. The highest BCUT2D eigenvalue weighted by Crippen LogP contribution is 2.28. The molecule has 0 aromatic rings. The molecule has 1 unspecified atom stereocenters. The minimum absolute atomic E-state index is 0.189. The fraction of sp³-hybridized carbons (Fsp3) is 0.800. The first-order chi connectivity index (χ1) is 6.27. The molecule has 2 bridgehead atoms. The van der Waals surface area contributed by atoms with Crippen molar-refractivity contribution < 1.29 is 14.9 Å². The van der Waals surface area contributed by atoms with Gasteiger partial charge in [0.1, 0.15) is 12.2 Å². The molecule has 74 valence electrons. The summed E-state index contributed by atoms with van der Waals surface area (Å²) >= 11 is 0. The van der Waals surface area contributed by atoms with Crippen LogP contribution in [-0.2, 0) is 4.74 Å². The zero-order valence-electron chi connectivity index (χ0n) is 7.65. The number of allylic oxidation sites excluding steroid dienone is 2. The predicted molar refractivity (Wildman–Crippen MR) is 48.1 cm³/mol. The highest BCUT2D eigenvalue weighted by molar-refractivity contribution is 5.01. The molecule has 0 aromatic heterocycles. The van der Waals surface area contributed by atoms with Gasteiger partial charge in [-0.05, 0) is 31.8 Å². The molecule has 0 aromatic carbocycles. The van der Waals surface area contributed by atoms with Crippen LogP contribution < -0.4 is 0 Å². The van der Waals surface area contributed by atoms with Gasteiger partial charge in [-0.3, -0.25) is 0 Å². The summed E-state index contributed by atoms with van der Waals surface area (Å²) in [5.41, 5.74) is 0. The summed E-state index contributed by atoms with van der Waals surface area (Å²) in [4.78, 5) is 0. The van der Waals surface area contributed by atoms with Crippen molar-refractivity contribution in [2.75, 3.05) is 0 Å². The van der Waals surface area contributed by atoms with Gasteiger partial charge in [-0.2, -0.15) is 0 Å². The van der Waals surface area contributed by atoms with Crippen molar-refractivity contribution in [3.05, 3.63) is 11.8 Å². The van der Waals surface area contributed by atoms with Crippen LogP contribution in [0.3, 0.4) is 0 Å². The Balaban J connectivity index is 2.16. The fourth-order valence-corrected chi connectivity index (χ4v) is 1.99. The molecule has 0 spiro atoms. The van der Waals surface area contributed by atoms with Crippen molar-refractivity contribution >= 4 is 0 Å². The molecule has 0 saturated carbocycles. The molecule has 1 saturated heterocycles. The van der Waals surface area contributed by atoms with Crippen LogP contribution >= 0.6 is 0 Å². The average molecular weight is 184 g/mol. The largest absolute Gasteiger partial charge is 0.492 e. The van der Waals surface area contributed by atoms with Gasteiger partial charge in [-0.15, -0.1) is 0 Å². The van der Waals surface area contributed by atoms with Crippen LogP contribution in [0.15, 0.2) is 11.8 Å². The van der Waals surface area contributed by atoms with Crippen molar-refractivity contribution in [3.8, 4) is 0 Å². The Bertz CT molecular complexity index is 212. The zero-order chi connectivity index (χ0) is 9.26. The lowest BCUT2D eigenvalue weighted by atomic mass is 9.99. The maximum atomic E-state index is 9.69. The molecule has 0 radical (unpaired) electrons. The van der Waals surface area contributed by atoms with E-state index in [1.807, 2.05) is 0 Å². The van der Waals surface area contributed by atoms with Gasteiger partial charge in [0.05, 0.1) is 11.9 Å². The Morgan fingerprint density at radius 3 is 3.00 bits per heavy atom. The van der Waals surface area contributed by atoms with Crippen LogP contribution in [0.4, 0.5) is 0 Å². The number of rotatable bonds is 0. The molecule has 2 N–H and O–H groups in total. The van der Waals surface area contributed by atoms with Crippen molar-refractivity contribution in [1.82, 2.24) is 0 Å². The summed E-state index contributed by atoms with van der Waals surface area (Å²) in [5, 5.41) is 19.2. The zero-order valence-corrected chi connectivity index (χ0v) is 7.65. The van der Waals surface area contributed by atoms with Gasteiger partial charge in [-0.25, -0.2) is 0 Å². The van der Waals surface area contributed by atoms with E-state index in [1.165, 1.54) is 0 Å². The Kier molecular flexibility index (Phi) is 2.56. The van der Waals surface area contributed by atoms with Crippen molar-refractivity contribution in [3.63, 3.8) is 0 Å². The highest BCUT2D eigenvalue weighted by Gasteiger charge is 2.32. The molecule has 3 nitrogen and oxygen atoms in total. The normalized spacial score (nSPS) is 39.8. The second-order valence-electron chi connectivity index (χ2n) is 3.85. The van der Waals surface area contributed by atoms with Gasteiger partial charge in [0.2, 0.25) is 0 Å². The first-order valence-corrected chi connectivity index (χ1v) is 4.99. The van der Waals surface area contributed by atoms with Gasteiger partial charge in [0.25, 0.3) is 0 Å². The molecule has 1 fully saturated rings. The second kappa shape index (κ2) is 3.68. The molecule has 2 rings (SSSR count). The molecular formula is C10H16O3. The quantitative estimate of drug-likeness (QED) is 0.589. The van der Waals surface area contributed by atoms with E-state index < -0.39 is 12.2 Å². The summed E-state index contributed by atoms with van der Waals surface area (Å²) in [6, 6.07) is 0. The standard InChI is InChI=1S/C10H16O3/c11-8-6-5-7-3-1-2-4-9(13-7)10(8)12/h3,8-12H,1-2,4-6H2/t8-,9?,10+/m0/s1. The van der Waals surface area contributed by atoms with Crippen LogP contribution in [0, 0.1) is 0 Å². The van der Waals surface area contributed by atoms with Crippen LogP contribution in [-0.4, -0.2) is 28.5 Å². The number of hydrogen-bond donors (Lipinski definition) is 2. The smallest absolute Gasteiger partial charge is 0.127 e. The van der Waals surface area contributed by atoms with Gasteiger partial charge < -0.3 is 14.9 Å². The SMILES string of the molecule is O[C@H]1CCC2=CCCCC(O2)[C@@H]1O. The van der Waals surface area contributed by atoms with E-state index in [2.05, 4.69) is 6.08 Å². The van der Waals surface area contributed by atoms with Gasteiger partial charge in [0, 0.05) is 6.42 Å².